The number of carbonyl (C=O) groups excluding carboxylic acids is 3. The van der Waals surface area contributed by atoms with Gasteiger partial charge in [-0.05, 0) is 31.9 Å². The molecule has 1 aliphatic heterocycles. The van der Waals surface area contributed by atoms with Gasteiger partial charge in [0.2, 0.25) is 5.91 Å². The standard InChI is InChI=1S/C19H27N3O3/c1-6-20-18(25)21(7-2)16(23)14-10-8-9-13-11-12-22(15(13)14)17(24)19(3,4)5/h8-10H,6-7,11-12H2,1-5H3,(H,20,25). The fourth-order valence-electron chi connectivity index (χ4n) is 3.01. The zero-order valence-electron chi connectivity index (χ0n) is 15.7. The molecule has 2 rings (SSSR count). The molecule has 0 aromatic heterocycles. The smallest absolute Gasteiger partial charge is 0.324 e. The highest BCUT2D eigenvalue weighted by Crippen LogP contribution is 2.35. The molecule has 0 unspecified atom stereocenters. The summed E-state index contributed by atoms with van der Waals surface area (Å²) in [6, 6.07) is 5.02. The van der Waals surface area contributed by atoms with Crippen molar-refractivity contribution < 1.29 is 14.4 Å². The van der Waals surface area contributed by atoms with E-state index in [0.717, 1.165) is 5.56 Å². The maximum absolute atomic E-state index is 13.0. The summed E-state index contributed by atoms with van der Waals surface area (Å²) in [6.45, 7) is 10.4. The molecule has 0 saturated carbocycles. The first-order chi connectivity index (χ1) is 11.7. The molecule has 1 aliphatic rings. The molecular weight excluding hydrogens is 318 g/mol. The highest BCUT2D eigenvalue weighted by Gasteiger charge is 2.36. The minimum Gasteiger partial charge on any atom is -0.338 e. The van der Waals surface area contributed by atoms with Crippen LogP contribution in [0.3, 0.4) is 0 Å². The van der Waals surface area contributed by atoms with Crippen molar-refractivity contribution in [3.05, 3.63) is 29.3 Å². The fourth-order valence-corrected chi connectivity index (χ4v) is 3.01. The van der Waals surface area contributed by atoms with E-state index in [1.54, 1.807) is 24.8 Å². The Labute approximate surface area is 149 Å². The van der Waals surface area contributed by atoms with E-state index in [1.165, 1.54) is 4.90 Å². The molecule has 0 atom stereocenters. The van der Waals surface area contributed by atoms with Crippen molar-refractivity contribution in [3.63, 3.8) is 0 Å². The average molecular weight is 345 g/mol. The average Bonchev–Trinajstić information content (AvgIpc) is 2.97. The van der Waals surface area contributed by atoms with E-state index in [4.69, 9.17) is 0 Å². The van der Waals surface area contributed by atoms with Crippen LogP contribution in [0.1, 0.15) is 50.5 Å². The zero-order chi connectivity index (χ0) is 18.8. The lowest BCUT2D eigenvalue weighted by Gasteiger charge is -2.28. The Morgan fingerprint density at radius 2 is 1.88 bits per heavy atom. The first kappa shape index (κ1) is 19.0. The highest BCUT2D eigenvalue weighted by molar-refractivity contribution is 6.11. The molecule has 1 N–H and O–H groups in total. The van der Waals surface area contributed by atoms with Gasteiger partial charge in [0.05, 0.1) is 11.3 Å². The van der Waals surface area contributed by atoms with Crippen LogP contribution in [0.4, 0.5) is 10.5 Å². The van der Waals surface area contributed by atoms with Gasteiger partial charge in [0.25, 0.3) is 5.91 Å². The Morgan fingerprint density at radius 1 is 1.20 bits per heavy atom. The van der Waals surface area contributed by atoms with Gasteiger partial charge in [0, 0.05) is 25.0 Å². The molecule has 0 aliphatic carbocycles. The van der Waals surface area contributed by atoms with E-state index in [2.05, 4.69) is 5.32 Å². The number of imide groups is 1. The van der Waals surface area contributed by atoms with Gasteiger partial charge < -0.3 is 10.2 Å². The van der Waals surface area contributed by atoms with Crippen molar-refractivity contribution in [2.45, 2.75) is 41.0 Å². The molecule has 0 bridgehead atoms. The van der Waals surface area contributed by atoms with Crippen molar-refractivity contribution in [2.24, 2.45) is 5.41 Å². The fraction of sp³-hybridized carbons (Fsp3) is 0.526. The molecule has 1 aromatic rings. The van der Waals surface area contributed by atoms with Crippen molar-refractivity contribution in [2.75, 3.05) is 24.5 Å². The summed E-state index contributed by atoms with van der Waals surface area (Å²) in [5.41, 5.74) is 1.48. The van der Waals surface area contributed by atoms with Crippen LogP contribution < -0.4 is 10.2 Å². The molecule has 0 spiro atoms. The van der Waals surface area contributed by atoms with Crippen LogP contribution in [0.5, 0.6) is 0 Å². The van der Waals surface area contributed by atoms with Crippen molar-refractivity contribution >= 4 is 23.5 Å². The minimum absolute atomic E-state index is 0.0208. The van der Waals surface area contributed by atoms with Crippen LogP contribution in [0.2, 0.25) is 0 Å². The quantitative estimate of drug-likeness (QED) is 0.916. The Bertz CT molecular complexity index is 692. The number of nitrogens with one attached hydrogen (secondary N) is 1. The summed E-state index contributed by atoms with van der Waals surface area (Å²) in [5.74, 6) is -0.397. The number of urea groups is 1. The van der Waals surface area contributed by atoms with Crippen LogP contribution in [-0.2, 0) is 11.2 Å². The number of para-hydroxylation sites is 1. The van der Waals surface area contributed by atoms with Gasteiger partial charge in [-0.3, -0.25) is 14.5 Å². The number of nitrogens with zero attached hydrogens (tertiary/aromatic N) is 2. The lowest BCUT2D eigenvalue weighted by atomic mass is 9.94. The molecule has 1 heterocycles. The molecule has 1 aromatic carbocycles. The third kappa shape index (κ3) is 3.67. The van der Waals surface area contributed by atoms with E-state index in [0.29, 0.717) is 30.8 Å². The molecule has 0 fully saturated rings. The second-order valence-electron chi connectivity index (χ2n) is 7.15. The number of anilines is 1. The van der Waals surface area contributed by atoms with Gasteiger partial charge in [-0.15, -0.1) is 0 Å². The molecule has 0 saturated heterocycles. The summed E-state index contributed by atoms with van der Waals surface area (Å²) < 4.78 is 0. The topological polar surface area (TPSA) is 69.7 Å². The predicted octanol–water partition coefficient (Wildman–Crippen LogP) is 2.81. The summed E-state index contributed by atoms with van der Waals surface area (Å²) in [6.07, 6.45) is 0.714. The van der Waals surface area contributed by atoms with Crippen molar-refractivity contribution in [1.29, 1.82) is 0 Å². The maximum atomic E-state index is 13.0. The monoisotopic (exact) mass is 345 g/mol. The van der Waals surface area contributed by atoms with Gasteiger partial charge in [0.1, 0.15) is 0 Å². The lowest BCUT2D eigenvalue weighted by Crippen LogP contribution is -2.44. The third-order valence-electron chi connectivity index (χ3n) is 4.25. The van der Waals surface area contributed by atoms with Crippen molar-refractivity contribution in [1.82, 2.24) is 10.2 Å². The number of amides is 4. The first-order valence-corrected chi connectivity index (χ1v) is 8.75. The SMILES string of the molecule is CCNC(=O)N(CC)C(=O)c1cccc2c1N(C(=O)C(C)(C)C)CC2. The largest absolute Gasteiger partial charge is 0.338 e. The number of benzene rings is 1. The molecule has 6 heteroatoms. The summed E-state index contributed by atoms with van der Waals surface area (Å²) in [4.78, 5) is 40.8. The number of carbonyl (C=O) groups is 3. The van der Waals surface area contributed by atoms with Gasteiger partial charge in [-0.1, -0.05) is 32.9 Å². The maximum Gasteiger partial charge on any atom is 0.324 e. The van der Waals surface area contributed by atoms with Crippen LogP contribution in [0.15, 0.2) is 18.2 Å². The number of hydrogen-bond donors (Lipinski definition) is 1. The second kappa shape index (κ2) is 7.25. The highest BCUT2D eigenvalue weighted by atomic mass is 16.2. The van der Waals surface area contributed by atoms with Crippen molar-refractivity contribution in [3.8, 4) is 0 Å². The normalized spacial score (nSPS) is 13.4. The van der Waals surface area contributed by atoms with E-state index < -0.39 is 11.4 Å². The van der Waals surface area contributed by atoms with E-state index in [1.807, 2.05) is 32.9 Å². The molecule has 4 amide bonds. The van der Waals surface area contributed by atoms with Gasteiger partial charge >= 0.3 is 6.03 Å². The number of rotatable bonds is 3. The number of hydrogen-bond acceptors (Lipinski definition) is 3. The summed E-state index contributed by atoms with van der Waals surface area (Å²) >= 11 is 0. The van der Waals surface area contributed by atoms with Gasteiger partial charge in [0.15, 0.2) is 0 Å². The Hall–Kier alpha value is -2.37. The van der Waals surface area contributed by atoms with Crippen LogP contribution in [0.25, 0.3) is 0 Å². The van der Waals surface area contributed by atoms with Crippen LogP contribution >= 0.6 is 0 Å². The lowest BCUT2D eigenvalue weighted by molar-refractivity contribution is -0.125. The van der Waals surface area contributed by atoms with Crippen LogP contribution in [0, 0.1) is 5.41 Å². The zero-order valence-corrected chi connectivity index (χ0v) is 15.7. The Morgan fingerprint density at radius 3 is 2.44 bits per heavy atom. The first-order valence-electron chi connectivity index (χ1n) is 8.75. The predicted molar refractivity (Wildman–Crippen MR) is 97.7 cm³/mol. The molecule has 6 nitrogen and oxygen atoms in total. The number of fused-ring (bicyclic) bond motifs is 1. The third-order valence-corrected chi connectivity index (χ3v) is 4.25. The molecule has 0 radical (unpaired) electrons. The van der Waals surface area contributed by atoms with Crippen LogP contribution in [-0.4, -0.2) is 42.4 Å². The summed E-state index contributed by atoms with van der Waals surface area (Å²) in [7, 11) is 0. The minimum atomic E-state index is -0.540. The Balaban J connectivity index is 2.45. The Kier molecular flexibility index (Phi) is 5.50. The molecule has 136 valence electrons. The van der Waals surface area contributed by atoms with E-state index in [-0.39, 0.29) is 18.4 Å². The molecular formula is C19H27N3O3. The van der Waals surface area contributed by atoms with E-state index in [9.17, 15) is 14.4 Å². The van der Waals surface area contributed by atoms with Gasteiger partial charge in [-0.2, -0.15) is 0 Å². The van der Waals surface area contributed by atoms with E-state index >= 15 is 0 Å². The molecule has 25 heavy (non-hydrogen) atoms. The van der Waals surface area contributed by atoms with Gasteiger partial charge in [-0.25, -0.2) is 4.79 Å². The summed E-state index contributed by atoms with van der Waals surface area (Å²) in [5, 5.41) is 2.66. The second-order valence-corrected chi connectivity index (χ2v) is 7.15.